The molecular formula is C28H22N2O2S. The van der Waals surface area contributed by atoms with E-state index in [1.165, 1.54) is 28.1 Å². The van der Waals surface area contributed by atoms with E-state index in [0.29, 0.717) is 16.7 Å². The minimum absolute atomic E-state index is 0.137. The lowest BCUT2D eigenvalue weighted by atomic mass is 10.1. The predicted molar refractivity (Wildman–Crippen MR) is 137 cm³/mol. The second-order valence-electron chi connectivity index (χ2n) is 7.81. The van der Waals surface area contributed by atoms with Gasteiger partial charge >= 0.3 is 0 Å². The van der Waals surface area contributed by atoms with E-state index < -0.39 is 0 Å². The molecule has 1 aliphatic heterocycles. The number of nitrogens with zero attached hydrogens (tertiary/aromatic N) is 1. The fraction of sp³-hybridized carbons (Fsp3) is 0.0714. The standard InChI is InChI=1S/C28H22N2O2S/c1-19-9-13-23(14-10-19)29-28-30-27(31)26(33-28)17-20-11-15-24(16-12-20)32-18-22-7-4-6-21-5-2-3-8-25(21)22/h2-17H,18H2,1H3,(H,29,30,31)/b26-17-. The fourth-order valence-electron chi connectivity index (χ4n) is 3.61. The van der Waals surface area contributed by atoms with Crippen LogP contribution in [0, 0.1) is 6.92 Å². The fourth-order valence-corrected chi connectivity index (χ4v) is 4.45. The van der Waals surface area contributed by atoms with Crippen molar-refractivity contribution in [1.82, 2.24) is 5.32 Å². The first-order valence-corrected chi connectivity index (χ1v) is 11.5. The van der Waals surface area contributed by atoms with Crippen molar-refractivity contribution < 1.29 is 9.53 Å². The topological polar surface area (TPSA) is 50.7 Å². The van der Waals surface area contributed by atoms with Crippen LogP contribution in [-0.4, -0.2) is 11.1 Å². The first-order valence-electron chi connectivity index (χ1n) is 10.7. The first kappa shape index (κ1) is 21.0. The summed E-state index contributed by atoms with van der Waals surface area (Å²) in [7, 11) is 0. The number of carbonyl (C=O) groups is 1. The van der Waals surface area contributed by atoms with Gasteiger partial charge < -0.3 is 10.1 Å². The molecule has 0 bridgehead atoms. The molecule has 0 unspecified atom stereocenters. The van der Waals surface area contributed by atoms with Gasteiger partial charge in [-0.3, -0.25) is 4.79 Å². The Kier molecular flexibility index (Phi) is 5.96. The summed E-state index contributed by atoms with van der Waals surface area (Å²) in [6.45, 7) is 2.53. The number of nitrogens with one attached hydrogen (secondary N) is 1. The number of carbonyl (C=O) groups excluding carboxylic acids is 1. The number of fused-ring (bicyclic) bond motifs is 1. The van der Waals surface area contributed by atoms with Gasteiger partial charge in [0.15, 0.2) is 5.17 Å². The minimum Gasteiger partial charge on any atom is -0.489 e. The summed E-state index contributed by atoms with van der Waals surface area (Å²) in [6, 6.07) is 30.2. The molecule has 0 radical (unpaired) electrons. The van der Waals surface area contributed by atoms with Crippen molar-refractivity contribution in [3.05, 3.63) is 113 Å². The van der Waals surface area contributed by atoms with Gasteiger partial charge in [-0.15, -0.1) is 0 Å². The molecule has 0 atom stereocenters. The van der Waals surface area contributed by atoms with Crippen LogP contribution in [0.1, 0.15) is 16.7 Å². The Morgan fingerprint density at radius 1 is 0.909 bits per heavy atom. The summed E-state index contributed by atoms with van der Waals surface area (Å²) < 4.78 is 6.01. The average molecular weight is 451 g/mol. The molecule has 1 aliphatic rings. The molecule has 1 heterocycles. The van der Waals surface area contributed by atoms with E-state index >= 15 is 0 Å². The van der Waals surface area contributed by atoms with Crippen molar-refractivity contribution >= 4 is 45.4 Å². The lowest BCUT2D eigenvalue weighted by molar-refractivity contribution is -0.115. The number of benzene rings is 4. The SMILES string of the molecule is Cc1ccc(N=C2NC(=O)/C(=C/c3ccc(OCc4cccc5ccccc45)cc3)S2)cc1. The van der Waals surface area contributed by atoms with Crippen LogP contribution >= 0.6 is 11.8 Å². The van der Waals surface area contributed by atoms with Crippen LogP contribution in [-0.2, 0) is 11.4 Å². The molecule has 1 amide bonds. The Morgan fingerprint density at radius 2 is 1.67 bits per heavy atom. The number of aliphatic imine (C=N–C) groups is 1. The number of thioether (sulfide) groups is 1. The second kappa shape index (κ2) is 9.35. The lowest BCUT2D eigenvalue weighted by Gasteiger charge is -2.09. The molecule has 1 saturated heterocycles. The van der Waals surface area contributed by atoms with Crippen molar-refractivity contribution in [2.24, 2.45) is 4.99 Å². The average Bonchev–Trinajstić information content (AvgIpc) is 3.18. The van der Waals surface area contributed by atoms with Gasteiger partial charge in [-0.1, -0.05) is 72.3 Å². The third kappa shape index (κ3) is 4.99. The Morgan fingerprint density at radius 3 is 2.48 bits per heavy atom. The minimum atomic E-state index is -0.137. The van der Waals surface area contributed by atoms with Crippen LogP contribution in [0.2, 0.25) is 0 Å². The molecular weight excluding hydrogens is 428 g/mol. The van der Waals surface area contributed by atoms with Crippen LogP contribution in [0.15, 0.2) is 101 Å². The van der Waals surface area contributed by atoms with Crippen molar-refractivity contribution in [2.75, 3.05) is 0 Å². The molecule has 33 heavy (non-hydrogen) atoms. The molecule has 0 saturated carbocycles. The van der Waals surface area contributed by atoms with E-state index in [2.05, 4.69) is 40.6 Å². The largest absolute Gasteiger partial charge is 0.489 e. The highest BCUT2D eigenvalue weighted by atomic mass is 32.2. The molecule has 5 rings (SSSR count). The number of hydrogen-bond donors (Lipinski definition) is 1. The van der Waals surface area contributed by atoms with Gasteiger partial charge in [0.2, 0.25) is 0 Å². The highest BCUT2D eigenvalue weighted by Crippen LogP contribution is 2.29. The number of ether oxygens (including phenoxy) is 1. The first-order chi connectivity index (χ1) is 16.1. The maximum absolute atomic E-state index is 12.4. The highest BCUT2D eigenvalue weighted by molar-refractivity contribution is 8.18. The van der Waals surface area contributed by atoms with Gasteiger partial charge in [0.1, 0.15) is 12.4 Å². The number of amides is 1. The van der Waals surface area contributed by atoms with Gasteiger partial charge in [0, 0.05) is 0 Å². The second-order valence-corrected chi connectivity index (χ2v) is 8.84. The van der Waals surface area contributed by atoms with Crippen LogP contribution in [0.25, 0.3) is 16.8 Å². The molecule has 4 nitrogen and oxygen atoms in total. The number of rotatable bonds is 5. The summed E-state index contributed by atoms with van der Waals surface area (Å²) in [6.07, 6.45) is 1.87. The highest BCUT2D eigenvalue weighted by Gasteiger charge is 2.23. The van der Waals surface area contributed by atoms with Gasteiger partial charge in [-0.25, -0.2) is 4.99 Å². The Bertz CT molecular complexity index is 1370. The zero-order valence-electron chi connectivity index (χ0n) is 18.1. The Hall–Kier alpha value is -3.83. The Labute approximate surface area is 197 Å². The summed E-state index contributed by atoms with van der Waals surface area (Å²) in [5.41, 5.74) is 4.07. The maximum atomic E-state index is 12.4. The number of amidine groups is 1. The molecule has 162 valence electrons. The molecule has 4 aromatic carbocycles. The zero-order chi connectivity index (χ0) is 22.6. The third-order valence-corrected chi connectivity index (χ3v) is 6.28. The van der Waals surface area contributed by atoms with E-state index in [1.807, 2.05) is 73.7 Å². The predicted octanol–water partition coefficient (Wildman–Crippen LogP) is 6.62. The van der Waals surface area contributed by atoms with E-state index in [0.717, 1.165) is 22.6 Å². The van der Waals surface area contributed by atoms with Crippen LogP contribution in [0.3, 0.4) is 0 Å². The van der Waals surface area contributed by atoms with Crippen molar-refractivity contribution in [3.63, 3.8) is 0 Å². The smallest absolute Gasteiger partial charge is 0.264 e. The zero-order valence-corrected chi connectivity index (χ0v) is 18.9. The summed E-state index contributed by atoms with van der Waals surface area (Å²) in [5.74, 6) is 0.650. The van der Waals surface area contributed by atoms with Gasteiger partial charge in [-0.05, 0) is 70.9 Å². The van der Waals surface area contributed by atoms with Crippen molar-refractivity contribution in [1.29, 1.82) is 0 Å². The van der Waals surface area contributed by atoms with Crippen LogP contribution in [0.4, 0.5) is 5.69 Å². The molecule has 0 spiro atoms. The molecule has 0 aromatic heterocycles. The molecule has 5 heteroatoms. The normalized spacial score (nSPS) is 15.8. The molecule has 0 aliphatic carbocycles. The van der Waals surface area contributed by atoms with E-state index in [9.17, 15) is 4.79 Å². The van der Waals surface area contributed by atoms with Crippen LogP contribution in [0.5, 0.6) is 5.75 Å². The van der Waals surface area contributed by atoms with Crippen LogP contribution < -0.4 is 10.1 Å². The maximum Gasteiger partial charge on any atom is 0.264 e. The monoisotopic (exact) mass is 450 g/mol. The summed E-state index contributed by atoms with van der Waals surface area (Å²) in [5, 5.41) is 5.83. The summed E-state index contributed by atoms with van der Waals surface area (Å²) in [4.78, 5) is 17.5. The van der Waals surface area contributed by atoms with Crippen molar-refractivity contribution in [3.8, 4) is 5.75 Å². The Balaban J connectivity index is 1.25. The number of aryl methyl sites for hydroxylation is 1. The molecule has 1 fully saturated rings. The number of hydrogen-bond acceptors (Lipinski definition) is 4. The van der Waals surface area contributed by atoms with Crippen molar-refractivity contribution in [2.45, 2.75) is 13.5 Å². The van der Waals surface area contributed by atoms with E-state index in [4.69, 9.17) is 4.74 Å². The molecule has 1 N–H and O–H groups in total. The third-order valence-electron chi connectivity index (χ3n) is 5.37. The van der Waals surface area contributed by atoms with Gasteiger partial charge in [0.05, 0.1) is 10.6 Å². The van der Waals surface area contributed by atoms with Gasteiger partial charge in [0.25, 0.3) is 5.91 Å². The van der Waals surface area contributed by atoms with E-state index in [-0.39, 0.29) is 5.91 Å². The lowest BCUT2D eigenvalue weighted by Crippen LogP contribution is -2.19. The van der Waals surface area contributed by atoms with E-state index in [1.54, 1.807) is 0 Å². The van der Waals surface area contributed by atoms with Gasteiger partial charge in [-0.2, -0.15) is 0 Å². The quantitative estimate of drug-likeness (QED) is 0.348. The molecule has 4 aromatic rings. The summed E-state index contributed by atoms with van der Waals surface area (Å²) >= 11 is 1.34.